The highest BCUT2D eigenvalue weighted by atomic mass is 16.5. The Hall–Kier alpha value is -0.570. The van der Waals surface area contributed by atoms with Gasteiger partial charge in [0.2, 0.25) is 0 Å². The van der Waals surface area contributed by atoms with E-state index in [1.807, 2.05) is 0 Å². The third-order valence-electron chi connectivity index (χ3n) is 2.80. The zero-order valence-corrected chi connectivity index (χ0v) is 8.58. The van der Waals surface area contributed by atoms with Crippen molar-refractivity contribution in [2.45, 2.75) is 38.6 Å². The van der Waals surface area contributed by atoms with E-state index in [-0.39, 0.29) is 5.97 Å². The van der Waals surface area contributed by atoms with Crippen LogP contribution in [0.25, 0.3) is 0 Å². The highest BCUT2D eigenvalue weighted by Gasteiger charge is 2.22. The molecule has 1 aliphatic rings. The Kier molecular flexibility index (Phi) is 4.22. The van der Waals surface area contributed by atoms with Gasteiger partial charge in [-0.15, -0.1) is 0 Å². The topological polar surface area (TPSA) is 29.5 Å². The molecule has 0 N–H and O–H groups in total. The molecule has 3 nitrogen and oxygen atoms in total. The van der Waals surface area contributed by atoms with Crippen LogP contribution < -0.4 is 0 Å². The lowest BCUT2D eigenvalue weighted by Gasteiger charge is -2.22. The third kappa shape index (κ3) is 2.99. The number of rotatable bonds is 4. The van der Waals surface area contributed by atoms with Crippen LogP contribution in [0.2, 0.25) is 0 Å². The summed E-state index contributed by atoms with van der Waals surface area (Å²) >= 11 is 0. The Morgan fingerprint density at radius 2 is 2.38 bits per heavy atom. The maximum Gasteiger partial charge on any atom is 0.306 e. The fraction of sp³-hybridized carbons (Fsp3) is 0.900. The summed E-state index contributed by atoms with van der Waals surface area (Å²) in [6.07, 6.45) is 4.30. The number of hydrogen-bond acceptors (Lipinski definition) is 3. The van der Waals surface area contributed by atoms with E-state index in [4.69, 9.17) is 0 Å². The molecule has 0 saturated carbocycles. The molecule has 0 amide bonds. The molecule has 13 heavy (non-hydrogen) atoms. The van der Waals surface area contributed by atoms with Crippen molar-refractivity contribution in [1.29, 1.82) is 0 Å². The molecule has 1 fully saturated rings. The first-order chi connectivity index (χ1) is 6.27. The monoisotopic (exact) mass is 185 g/mol. The number of hydrogen-bond donors (Lipinski definition) is 0. The van der Waals surface area contributed by atoms with Crippen molar-refractivity contribution in [3.63, 3.8) is 0 Å². The summed E-state index contributed by atoms with van der Waals surface area (Å²) < 4.78 is 4.61. The van der Waals surface area contributed by atoms with Crippen molar-refractivity contribution in [3.8, 4) is 0 Å². The number of carbonyl (C=O) groups is 1. The number of nitrogens with zero attached hydrogens (tertiary/aromatic N) is 1. The standard InChI is InChI=1S/C10H19NO2/c1-3-9-5-4-7-11(9)8-6-10(12)13-2/h9H,3-8H2,1-2H3. The van der Waals surface area contributed by atoms with Gasteiger partial charge in [-0.1, -0.05) is 6.92 Å². The number of ether oxygens (including phenoxy) is 1. The van der Waals surface area contributed by atoms with Crippen LogP contribution in [0.5, 0.6) is 0 Å². The van der Waals surface area contributed by atoms with Crippen LogP contribution in [0.15, 0.2) is 0 Å². The van der Waals surface area contributed by atoms with E-state index in [1.165, 1.54) is 26.4 Å². The fourth-order valence-corrected chi connectivity index (χ4v) is 1.99. The zero-order chi connectivity index (χ0) is 9.68. The average Bonchev–Trinajstić information content (AvgIpc) is 2.61. The molecular weight excluding hydrogens is 166 g/mol. The van der Waals surface area contributed by atoms with Crippen LogP contribution in [-0.4, -0.2) is 37.1 Å². The SMILES string of the molecule is CCC1CCCN1CCC(=O)OC. The summed E-state index contributed by atoms with van der Waals surface area (Å²) in [6.45, 7) is 4.22. The zero-order valence-electron chi connectivity index (χ0n) is 8.58. The Labute approximate surface area is 80.1 Å². The molecule has 0 aliphatic carbocycles. The summed E-state index contributed by atoms with van der Waals surface area (Å²) in [5.74, 6) is -0.0956. The molecule has 1 rings (SSSR count). The molecule has 0 aromatic heterocycles. The number of esters is 1. The van der Waals surface area contributed by atoms with E-state index >= 15 is 0 Å². The molecule has 1 unspecified atom stereocenters. The van der Waals surface area contributed by atoms with E-state index in [2.05, 4.69) is 16.6 Å². The molecule has 0 aromatic rings. The maximum absolute atomic E-state index is 10.9. The van der Waals surface area contributed by atoms with Crippen LogP contribution in [0.4, 0.5) is 0 Å². The predicted molar refractivity (Wildman–Crippen MR) is 51.5 cm³/mol. The van der Waals surface area contributed by atoms with Gasteiger partial charge >= 0.3 is 5.97 Å². The Balaban J connectivity index is 2.23. The second-order valence-corrected chi connectivity index (χ2v) is 3.57. The molecule has 1 heterocycles. The normalized spacial score (nSPS) is 23.4. The molecule has 0 aromatic carbocycles. The minimum Gasteiger partial charge on any atom is -0.469 e. The van der Waals surface area contributed by atoms with Gasteiger partial charge in [0, 0.05) is 12.6 Å². The summed E-state index contributed by atoms with van der Waals surface area (Å²) in [6, 6.07) is 0.699. The molecule has 76 valence electrons. The number of methoxy groups -OCH3 is 1. The first-order valence-electron chi connectivity index (χ1n) is 5.08. The van der Waals surface area contributed by atoms with Crippen molar-refractivity contribution in [1.82, 2.24) is 4.90 Å². The molecule has 0 bridgehead atoms. The van der Waals surface area contributed by atoms with Gasteiger partial charge < -0.3 is 4.74 Å². The lowest BCUT2D eigenvalue weighted by Crippen LogP contribution is -2.31. The van der Waals surface area contributed by atoms with Gasteiger partial charge in [0.25, 0.3) is 0 Å². The Morgan fingerprint density at radius 3 is 3.00 bits per heavy atom. The summed E-state index contributed by atoms with van der Waals surface area (Å²) in [4.78, 5) is 13.3. The van der Waals surface area contributed by atoms with Crippen molar-refractivity contribution in [2.24, 2.45) is 0 Å². The fourth-order valence-electron chi connectivity index (χ4n) is 1.99. The van der Waals surface area contributed by atoms with Crippen LogP contribution in [0.3, 0.4) is 0 Å². The lowest BCUT2D eigenvalue weighted by molar-refractivity contribution is -0.141. The highest BCUT2D eigenvalue weighted by molar-refractivity contribution is 5.69. The van der Waals surface area contributed by atoms with Crippen LogP contribution >= 0.6 is 0 Å². The van der Waals surface area contributed by atoms with Gasteiger partial charge in [-0.05, 0) is 25.8 Å². The summed E-state index contributed by atoms with van der Waals surface area (Å²) in [7, 11) is 1.45. The minimum atomic E-state index is -0.0956. The highest BCUT2D eigenvalue weighted by Crippen LogP contribution is 2.19. The summed E-state index contributed by atoms with van der Waals surface area (Å²) in [5, 5.41) is 0. The summed E-state index contributed by atoms with van der Waals surface area (Å²) in [5.41, 5.74) is 0. The van der Waals surface area contributed by atoms with Gasteiger partial charge in [-0.2, -0.15) is 0 Å². The van der Waals surface area contributed by atoms with Crippen molar-refractivity contribution in [3.05, 3.63) is 0 Å². The van der Waals surface area contributed by atoms with Crippen LogP contribution in [0, 0.1) is 0 Å². The molecule has 1 aliphatic heterocycles. The smallest absolute Gasteiger partial charge is 0.306 e. The maximum atomic E-state index is 10.9. The Morgan fingerprint density at radius 1 is 1.62 bits per heavy atom. The molecular formula is C10H19NO2. The molecule has 0 radical (unpaired) electrons. The van der Waals surface area contributed by atoms with E-state index in [0.717, 1.165) is 13.1 Å². The van der Waals surface area contributed by atoms with Crippen molar-refractivity contribution in [2.75, 3.05) is 20.2 Å². The van der Waals surface area contributed by atoms with Crippen molar-refractivity contribution < 1.29 is 9.53 Å². The third-order valence-corrected chi connectivity index (χ3v) is 2.80. The van der Waals surface area contributed by atoms with Gasteiger partial charge in [0.05, 0.1) is 13.5 Å². The predicted octanol–water partition coefficient (Wildman–Crippen LogP) is 1.42. The quantitative estimate of drug-likeness (QED) is 0.620. The van der Waals surface area contributed by atoms with Crippen molar-refractivity contribution >= 4 is 5.97 Å². The van der Waals surface area contributed by atoms with Gasteiger partial charge in [-0.3, -0.25) is 9.69 Å². The van der Waals surface area contributed by atoms with Crippen LogP contribution in [-0.2, 0) is 9.53 Å². The largest absolute Gasteiger partial charge is 0.469 e. The molecule has 3 heteroatoms. The first-order valence-corrected chi connectivity index (χ1v) is 5.08. The lowest BCUT2D eigenvalue weighted by atomic mass is 10.2. The second kappa shape index (κ2) is 5.22. The Bertz CT molecular complexity index is 170. The van der Waals surface area contributed by atoms with E-state index in [9.17, 15) is 4.79 Å². The van der Waals surface area contributed by atoms with Gasteiger partial charge in [0.15, 0.2) is 0 Å². The first kappa shape index (κ1) is 10.5. The average molecular weight is 185 g/mol. The number of likely N-dealkylation sites (tertiary alicyclic amines) is 1. The van der Waals surface area contributed by atoms with Gasteiger partial charge in [-0.25, -0.2) is 0 Å². The number of carbonyl (C=O) groups excluding carboxylic acids is 1. The van der Waals surface area contributed by atoms with E-state index < -0.39 is 0 Å². The minimum absolute atomic E-state index is 0.0956. The van der Waals surface area contributed by atoms with E-state index in [1.54, 1.807) is 0 Å². The van der Waals surface area contributed by atoms with E-state index in [0.29, 0.717) is 12.5 Å². The van der Waals surface area contributed by atoms with Gasteiger partial charge in [0.1, 0.15) is 0 Å². The molecule has 1 atom stereocenters. The molecule has 1 saturated heterocycles. The molecule has 0 spiro atoms. The van der Waals surface area contributed by atoms with Crippen LogP contribution in [0.1, 0.15) is 32.6 Å². The second-order valence-electron chi connectivity index (χ2n) is 3.57.